The highest BCUT2D eigenvalue weighted by Gasteiger charge is 2.19. The summed E-state index contributed by atoms with van der Waals surface area (Å²) in [5.74, 6) is 0.710. The molecular weight excluding hydrogens is 140 g/mol. The zero-order chi connectivity index (χ0) is 8.85. The fourth-order valence-electron chi connectivity index (χ4n) is 1.42. The molecule has 11 heavy (non-hydrogen) atoms. The molecule has 2 N–H and O–H groups in total. The lowest BCUT2D eigenvalue weighted by Gasteiger charge is -2.24. The predicted octanol–water partition coefficient (Wildman–Crippen LogP) is 1.41. The van der Waals surface area contributed by atoms with Gasteiger partial charge < -0.3 is 10.2 Å². The fraction of sp³-hybridized carbons (Fsp3) is 1.00. The van der Waals surface area contributed by atoms with Gasteiger partial charge >= 0.3 is 0 Å². The van der Waals surface area contributed by atoms with Crippen molar-refractivity contribution in [2.75, 3.05) is 6.61 Å². The third-order valence-corrected chi connectivity index (χ3v) is 2.23. The van der Waals surface area contributed by atoms with E-state index >= 15 is 0 Å². The zero-order valence-electron chi connectivity index (χ0n) is 7.75. The van der Waals surface area contributed by atoms with E-state index in [4.69, 9.17) is 5.11 Å². The number of aliphatic hydroxyl groups is 2. The zero-order valence-corrected chi connectivity index (χ0v) is 7.75. The van der Waals surface area contributed by atoms with Crippen LogP contribution in [-0.2, 0) is 0 Å². The Hall–Kier alpha value is -0.0800. The van der Waals surface area contributed by atoms with Crippen molar-refractivity contribution in [2.24, 2.45) is 11.8 Å². The Balaban J connectivity index is 3.87. The smallest absolute Gasteiger partial charge is 0.0569 e. The number of hydrogen-bond donors (Lipinski definition) is 2. The van der Waals surface area contributed by atoms with Crippen LogP contribution < -0.4 is 0 Å². The van der Waals surface area contributed by atoms with Crippen LogP contribution in [0.4, 0.5) is 0 Å². The first kappa shape index (κ1) is 10.9. The Labute approximate surface area is 69.2 Å². The van der Waals surface area contributed by atoms with Crippen molar-refractivity contribution in [1.29, 1.82) is 0 Å². The highest BCUT2D eigenvalue weighted by Crippen LogP contribution is 2.20. The molecule has 2 atom stereocenters. The summed E-state index contributed by atoms with van der Waals surface area (Å²) >= 11 is 0. The maximum atomic E-state index is 9.51. The van der Waals surface area contributed by atoms with Crippen molar-refractivity contribution in [1.82, 2.24) is 0 Å². The SMILES string of the molecule is CCC(O)C(CCO)C(C)C. The van der Waals surface area contributed by atoms with E-state index in [1.54, 1.807) is 0 Å². The summed E-state index contributed by atoms with van der Waals surface area (Å²) < 4.78 is 0. The van der Waals surface area contributed by atoms with Gasteiger partial charge in [0.25, 0.3) is 0 Å². The van der Waals surface area contributed by atoms with Crippen LogP contribution in [0.2, 0.25) is 0 Å². The number of hydrogen-bond acceptors (Lipinski definition) is 2. The lowest BCUT2D eigenvalue weighted by molar-refractivity contribution is 0.0608. The van der Waals surface area contributed by atoms with Gasteiger partial charge in [0, 0.05) is 6.61 Å². The van der Waals surface area contributed by atoms with Gasteiger partial charge in [0.15, 0.2) is 0 Å². The van der Waals surface area contributed by atoms with Crippen LogP contribution in [0.25, 0.3) is 0 Å². The van der Waals surface area contributed by atoms with Gasteiger partial charge in [-0.25, -0.2) is 0 Å². The maximum Gasteiger partial charge on any atom is 0.0569 e. The summed E-state index contributed by atoms with van der Waals surface area (Å²) in [6.45, 7) is 6.32. The second-order valence-electron chi connectivity index (χ2n) is 3.40. The van der Waals surface area contributed by atoms with Crippen LogP contribution in [0.5, 0.6) is 0 Å². The Kier molecular flexibility index (Phi) is 5.51. The van der Waals surface area contributed by atoms with Gasteiger partial charge in [0.05, 0.1) is 6.10 Å². The summed E-state index contributed by atoms with van der Waals surface area (Å²) in [5, 5.41) is 18.2. The van der Waals surface area contributed by atoms with Crippen LogP contribution in [-0.4, -0.2) is 22.9 Å². The minimum absolute atomic E-state index is 0.180. The molecule has 2 nitrogen and oxygen atoms in total. The van der Waals surface area contributed by atoms with Crippen LogP contribution in [0.15, 0.2) is 0 Å². The summed E-state index contributed by atoms with van der Waals surface area (Å²) in [5.41, 5.74) is 0. The third-order valence-electron chi connectivity index (χ3n) is 2.23. The Morgan fingerprint density at radius 1 is 1.27 bits per heavy atom. The summed E-state index contributed by atoms with van der Waals surface area (Å²) in [4.78, 5) is 0. The summed E-state index contributed by atoms with van der Waals surface area (Å²) in [6, 6.07) is 0. The standard InChI is InChI=1S/C9H20O2/c1-4-9(11)8(5-6-10)7(2)3/h7-11H,4-6H2,1-3H3. The number of aliphatic hydroxyl groups excluding tert-OH is 2. The molecule has 2 unspecified atom stereocenters. The molecule has 0 aromatic heterocycles. The Morgan fingerprint density at radius 3 is 2.09 bits per heavy atom. The highest BCUT2D eigenvalue weighted by molar-refractivity contribution is 4.70. The van der Waals surface area contributed by atoms with E-state index < -0.39 is 0 Å². The molecule has 0 aliphatic carbocycles. The largest absolute Gasteiger partial charge is 0.396 e. The summed E-state index contributed by atoms with van der Waals surface area (Å²) in [7, 11) is 0. The van der Waals surface area contributed by atoms with E-state index in [2.05, 4.69) is 13.8 Å². The van der Waals surface area contributed by atoms with Crippen molar-refractivity contribution >= 4 is 0 Å². The molecule has 0 aliphatic rings. The average molecular weight is 160 g/mol. The van der Waals surface area contributed by atoms with Gasteiger partial charge in [-0.2, -0.15) is 0 Å². The molecule has 0 aromatic rings. The molecule has 0 aromatic carbocycles. The first-order valence-corrected chi connectivity index (χ1v) is 4.42. The molecule has 0 fully saturated rings. The third kappa shape index (κ3) is 3.73. The van der Waals surface area contributed by atoms with Gasteiger partial charge in [-0.1, -0.05) is 20.8 Å². The first-order valence-electron chi connectivity index (χ1n) is 4.42. The minimum atomic E-state index is -0.248. The van der Waals surface area contributed by atoms with E-state index in [-0.39, 0.29) is 18.6 Å². The molecule has 0 amide bonds. The molecule has 0 aliphatic heterocycles. The average Bonchev–Trinajstić information content (AvgIpc) is 1.98. The van der Waals surface area contributed by atoms with Crippen molar-refractivity contribution in [3.8, 4) is 0 Å². The van der Waals surface area contributed by atoms with E-state index in [1.165, 1.54) is 0 Å². The second kappa shape index (κ2) is 5.56. The Morgan fingerprint density at radius 2 is 1.82 bits per heavy atom. The van der Waals surface area contributed by atoms with Crippen molar-refractivity contribution < 1.29 is 10.2 Å². The summed E-state index contributed by atoms with van der Waals surface area (Å²) in [6.07, 6.45) is 1.25. The quantitative estimate of drug-likeness (QED) is 0.638. The molecule has 0 rings (SSSR count). The maximum absolute atomic E-state index is 9.51. The second-order valence-corrected chi connectivity index (χ2v) is 3.40. The lowest BCUT2D eigenvalue weighted by Crippen LogP contribution is -2.25. The van der Waals surface area contributed by atoms with Crippen LogP contribution in [0.1, 0.15) is 33.6 Å². The van der Waals surface area contributed by atoms with E-state index in [0.29, 0.717) is 12.3 Å². The molecule has 0 spiro atoms. The van der Waals surface area contributed by atoms with Gasteiger partial charge in [-0.05, 0) is 24.7 Å². The van der Waals surface area contributed by atoms with Gasteiger partial charge in [-0.3, -0.25) is 0 Å². The monoisotopic (exact) mass is 160 g/mol. The van der Waals surface area contributed by atoms with E-state index in [0.717, 1.165) is 6.42 Å². The van der Waals surface area contributed by atoms with Crippen LogP contribution in [0, 0.1) is 11.8 Å². The highest BCUT2D eigenvalue weighted by atomic mass is 16.3. The van der Waals surface area contributed by atoms with Crippen LogP contribution >= 0.6 is 0 Å². The van der Waals surface area contributed by atoms with Gasteiger partial charge in [-0.15, -0.1) is 0 Å². The fourth-order valence-corrected chi connectivity index (χ4v) is 1.42. The van der Waals surface area contributed by atoms with Crippen LogP contribution in [0.3, 0.4) is 0 Å². The molecule has 0 bridgehead atoms. The molecule has 68 valence electrons. The molecular formula is C9H20O2. The molecule has 0 saturated carbocycles. The van der Waals surface area contributed by atoms with Gasteiger partial charge in [0.1, 0.15) is 0 Å². The van der Waals surface area contributed by atoms with E-state index in [1.807, 2.05) is 6.92 Å². The molecule has 2 heteroatoms. The van der Waals surface area contributed by atoms with Crippen molar-refractivity contribution in [3.05, 3.63) is 0 Å². The van der Waals surface area contributed by atoms with Gasteiger partial charge in [0.2, 0.25) is 0 Å². The minimum Gasteiger partial charge on any atom is -0.396 e. The van der Waals surface area contributed by atoms with E-state index in [9.17, 15) is 5.11 Å². The number of rotatable bonds is 5. The molecule has 0 heterocycles. The molecule has 0 saturated heterocycles. The Bertz CT molecular complexity index is 91.6. The van der Waals surface area contributed by atoms with Crippen molar-refractivity contribution in [3.63, 3.8) is 0 Å². The topological polar surface area (TPSA) is 40.5 Å². The first-order chi connectivity index (χ1) is 5.13. The molecule has 0 radical (unpaired) electrons. The van der Waals surface area contributed by atoms with Crippen molar-refractivity contribution in [2.45, 2.75) is 39.7 Å². The predicted molar refractivity (Wildman–Crippen MR) is 46.3 cm³/mol. The normalized spacial score (nSPS) is 16.9. The lowest BCUT2D eigenvalue weighted by atomic mass is 9.86.